The second-order valence-electron chi connectivity index (χ2n) is 17.4. The molecule has 0 aliphatic rings. The minimum atomic E-state index is -4.57. The topological polar surface area (TPSA) is 108 Å². The Hall–Kier alpha value is -2.58. The highest BCUT2D eigenvalue weighted by molar-refractivity contribution is 7.45. The quantitative estimate of drug-likeness (QED) is 0.0273. The van der Waals surface area contributed by atoms with Gasteiger partial charge in [0, 0.05) is 6.42 Å². The van der Waals surface area contributed by atoms with Crippen LogP contribution in [0.2, 0.25) is 0 Å². The number of quaternary nitrogens is 1. The van der Waals surface area contributed by atoms with Crippen LogP contribution in [0.25, 0.3) is 0 Å². The van der Waals surface area contributed by atoms with Crippen molar-refractivity contribution in [3.63, 3.8) is 0 Å². The summed E-state index contributed by atoms with van der Waals surface area (Å²) in [5, 5.41) is 13.4. The highest BCUT2D eigenvalue weighted by Gasteiger charge is 2.23. The van der Waals surface area contributed by atoms with Crippen molar-refractivity contribution < 1.29 is 32.9 Å². The van der Waals surface area contributed by atoms with Crippen molar-refractivity contribution in [3.05, 3.63) is 97.2 Å². The minimum absolute atomic E-state index is 0.00605. The first kappa shape index (κ1) is 59.4. The minimum Gasteiger partial charge on any atom is -0.756 e. The third-order valence-electron chi connectivity index (χ3n) is 10.3. The summed E-state index contributed by atoms with van der Waals surface area (Å²) in [5.74, 6) is -0.214. The number of aliphatic hydroxyl groups excluding tert-OH is 1. The SMILES string of the molecule is CC/C=C\C/C=C\C/C=C\C/C=C\C/C=C\C/C=C\C/C=C\CCCCCCCCCCCCCCCCCC(=O)NC(COP(=O)([O-])OCC[N+](C)(C)C)C(O)/C=C/CCC. The molecule has 0 saturated carbocycles. The molecule has 0 radical (unpaired) electrons. The van der Waals surface area contributed by atoms with Crippen LogP contribution in [-0.2, 0) is 18.4 Å². The first-order chi connectivity index (χ1) is 30.0. The lowest BCUT2D eigenvalue weighted by molar-refractivity contribution is -0.870. The number of unbranched alkanes of at least 4 members (excludes halogenated alkanes) is 16. The molecule has 0 heterocycles. The van der Waals surface area contributed by atoms with Crippen LogP contribution < -0.4 is 10.2 Å². The number of hydrogen-bond donors (Lipinski definition) is 2. The van der Waals surface area contributed by atoms with Crippen LogP contribution in [0.1, 0.15) is 181 Å². The molecule has 3 unspecified atom stereocenters. The van der Waals surface area contributed by atoms with Gasteiger partial charge in [0.15, 0.2) is 0 Å². The van der Waals surface area contributed by atoms with Crippen molar-refractivity contribution in [1.82, 2.24) is 5.32 Å². The third kappa shape index (κ3) is 45.4. The summed E-state index contributed by atoms with van der Waals surface area (Å²) in [5.41, 5.74) is 0. The van der Waals surface area contributed by atoms with Gasteiger partial charge in [0.05, 0.1) is 39.9 Å². The van der Waals surface area contributed by atoms with Gasteiger partial charge in [-0.2, -0.15) is 0 Å². The number of allylic oxidation sites excluding steroid dienone is 15. The van der Waals surface area contributed by atoms with E-state index in [1.165, 1.54) is 83.5 Å². The summed E-state index contributed by atoms with van der Waals surface area (Å²) in [6, 6.07) is -0.886. The zero-order valence-electron chi connectivity index (χ0n) is 40.3. The van der Waals surface area contributed by atoms with E-state index < -0.39 is 20.0 Å². The summed E-state index contributed by atoms with van der Waals surface area (Å²) >= 11 is 0. The molecule has 0 aromatic carbocycles. The fourth-order valence-electron chi connectivity index (χ4n) is 6.43. The predicted octanol–water partition coefficient (Wildman–Crippen LogP) is 13.7. The van der Waals surface area contributed by atoms with Crippen LogP contribution in [0, 0.1) is 0 Å². The van der Waals surface area contributed by atoms with Crippen LogP contribution in [0.3, 0.4) is 0 Å². The molecule has 2 N–H and O–H groups in total. The third-order valence-corrected chi connectivity index (χ3v) is 11.2. The van der Waals surface area contributed by atoms with E-state index in [4.69, 9.17) is 9.05 Å². The molecule has 3 atom stereocenters. The Morgan fingerprint density at radius 1 is 0.581 bits per heavy atom. The van der Waals surface area contributed by atoms with Gasteiger partial charge in [-0.15, -0.1) is 0 Å². The summed E-state index contributed by atoms with van der Waals surface area (Å²) < 4.78 is 22.9. The Bertz CT molecular complexity index is 1330. The standard InChI is InChI=1S/C53H93N2O6P/c1-6-8-10-11-12-13-14-15-16-17-18-19-20-21-22-23-24-25-26-27-28-29-30-31-32-33-34-35-36-37-38-39-40-41-42-43-45-47-53(57)54-51(52(56)46-44-9-7-2)50-61-62(58,59)60-49-48-55(3,4)5/h8,10,12-13,15-16,18-19,21-22,24-25,27-28,44,46,51-52,56H,6-7,9,11,14,17,20,23,26,29-43,45,47-50H2,1-5H3,(H-,54,57,58,59)/b10-8-,13-12-,16-15-,19-18-,22-21-,25-24-,28-27-,46-44+. The zero-order valence-corrected chi connectivity index (χ0v) is 41.2. The Morgan fingerprint density at radius 2 is 0.984 bits per heavy atom. The van der Waals surface area contributed by atoms with Crippen LogP contribution in [0.4, 0.5) is 0 Å². The number of hydrogen-bond acceptors (Lipinski definition) is 6. The first-order valence-corrected chi connectivity index (χ1v) is 26.1. The second kappa shape index (κ2) is 43.7. The molecule has 0 bridgehead atoms. The van der Waals surface area contributed by atoms with E-state index in [0.29, 0.717) is 17.4 Å². The van der Waals surface area contributed by atoms with E-state index in [1.54, 1.807) is 6.08 Å². The molecule has 0 aliphatic heterocycles. The lowest BCUT2D eigenvalue weighted by Gasteiger charge is -2.29. The van der Waals surface area contributed by atoms with Gasteiger partial charge in [0.2, 0.25) is 5.91 Å². The molecule has 0 aliphatic carbocycles. The van der Waals surface area contributed by atoms with Crippen LogP contribution in [0.15, 0.2) is 97.2 Å². The van der Waals surface area contributed by atoms with Crippen molar-refractivity contribution in [2.24, 2.45) is 0 Å². The monoisotopic (exact) mass is 885 g/mol. The average Bonchev–Trinajstić information content (AvgIpc) is 3.23. The lowest BCUT2D eigenvalue weighted by Crippen LogP contribution is -2.45. The highest BCUT2D eigenvalue weighted by Crippen LogP contribution is 2.38. The first-order valence-electron chi connectivity index (χ1n) is 24.6. The number of phosphoric acid groups is 1. The maximum absolute atomic E-state index is 12.7. The molecule has 356 valence electrons. The van der Waals surface area contributed by atoms with Crippen LogP contribution >= 0.6 is 7.82 Å². The van der Waals surface area contributed by atoms with Crippen molar-refractivity contribution in [2.75, 3.05) is 40.9 Å². The van der Waals surface area contributed by atoms with Crippen molar-refractivity contribution >= 4 is 13.7 Å². The van der Waals surface area contributed by atoms with E-state index in [-0.39, 0.29) is 19.1 Å². The molecule has 9 heteroatoms. The number of nitrogens with one attached hydrogen (secondary N) is 1. The van der Waals surface area contributed by atoms with Gasteiger partial charge in [-0.3, -0.25) is 9.36 Å². The second-order valence-corrected chi connectivity index (χ2v) is 18.8. The van der Waals surface area contributed by atoms with E-state index in [1.807, 2.05) is 34.1 Å². The molecular weight excluding hydrogens is 792 g/mol. The Labute approximate surface area is 381 Å². The molecule has 0 spiro atoms. The largest absolute Gasteiger partial charge is 0.756 e. The number of carbonyl (C=O) groups is 1. The molecule has 62 heavy (non-hydrogen) atoms. The lowest BCUT2D eigenvalue weighted by atomic mass is 10.0. The molecule has 1 amide bonds. The van der Waals surface area contributed by atoms with E-state index in [0.717, 1.165) is 77.0 Å². The number of rotatable bonds is 43. The van der Waals surface area contributed by atoms with Gasteiger partial charge in [-0.25, -0.2) is 0 Å². The number of carbonyl (C=O) groups excluding carboxylic acids is 1. The van der Waals surface area contributed by atoms with Crippen LogP contribution in [-0.4, -0.2) is 68.5 Å². The maximum atomic E-state index is 12.7. The Kier molecular flexibility index (Phi) is 41.8. The number of phosphoric ester groups is 1. The van der Waals surface area contributed by atoms with Crippen LogP contribution in [0.5, 0.6) is 0 Å². The zero-order chi connectivity index (χ0) is 45.7. The Morgan fingerprint density at radius 3 is 1.40 bits per heavy atom. The maximum Gasteiger partial charge on any atom is 0.268 e. The molecule has 0 rings (SSSR count). The van der Waals surface area contributed by atoms with E-state index >= 15 is 0 Å². The molecule has 0 aromatic heterocycles. The highest BCUT2D eigenvalue weighted by atomic mass is 31.2. The average molecular weight is 885 g/mol. The van der Waals surface area contributed by atoms with E-state index in [2.05, 4.69) is 97.3 Å². The van der Waals surface area contributed by atoms with Gasteiger partial charge >= 0.3 is 0 Å². The van der Waals surface area contributed by atoms with Gasteiger partial charge in [0.1, 0.15) is 13.2 Å². The fraction of sp³-hybridized carbons (Fsp3) is 0.679. The summed E-state index contributed by atoms with van der Waals surface area (Å²) in [7, 11) is 1.24. The van der Waals surface area contributed by atoms with Gasteiger partial charge in [-0.05, 0) is 70.6 Å². The summed E-state index contributed by atoms with van der Waals surface area (Å²) in [4.78, 5) is 25.0. The van der Waals surface area contributed by atoms with Gasteiger partial charge in [0.25, 0.3) is 7.82 Å². The molecule has 0 fully saturated rings. The summed E-state index contributed by atoms with van der Waals surface area (Å²) in [6.07, 6.45) is 62.9. The van der Waals surface area contributed by atoms with Crippen molar-refractivity contribution in [3.8, 4) is 0 Å². The van der Waals surface area contributed by atoms with Crippen molar-refractivity contribution in [1.29, 1.82) is 0 Å². The van der Waals surface area contributed by atoms with Gasteiger partial charge < -0.3 is 28.8 Å². The molecule has 8 nitrogen and oxygen atoms in total. The fourth-order valence-corrected chi connectivity index (χ4v) is 7.16. The molecule has 0 saturated heterocycles. The number of nitrogens with zero attached hydrogens (tertiary/aromatic N) is 1. The number of likely N-dealkylation sites (N-methyl/N-ethyl adjacent to an activating group) is 1. The molecular formula is C53H93N2O6P. The summed E-state index contributed by atoms with van der Waals surface area (Å²) in [6.45, 7) is 4.29. The normalized spacial score (nSPS) is 15.0. The predicted molar refractivity (Wildman–Crippen MR) is 265 cm³/mol. The Balaban J connectivity index is 3.78. The van der Waals surface area contributed by atoms with Crippen molar-refractivity contribution in [2.45, 2.75) is 193 Å². The van der Waals surface area contributed by atoms with Gasteiger partial charge in [-0.1, -0.05) is 201 Å². The number of amides is 1. The number of aliphatic hydroxyl groups is 1. The smallest absolute Gasteiger partial charge is 0.268 e. The molecule has 0 aromatic rings. The van der Waals surface area contributed by atoms with E-state index in [9.17, 15) is 19.4 Å².